The van der Waals surface area contributed by atoms with Crippen LogP contribution >= 0.6 is 0 Å². The molecule has 0 bridgehead atoms. The summed E-state index contributed by atoms with van der Waals surface area (Å²) in [6, 6.07) is 71.1. The average Bonchev–Trinajstić information content (AvgIpc) is 3.64. The average molecular weight is 640 g/mol. The first-order valence-corrected chi connectivity index (χ1v) is 17.0. The van der Waals surface area contributed by atoms with Crippen LogP contribution in [0.3, 0.4) is 0 Å². The van der Waals surface area contributed by atoms with Crippen LogP contribution in [0.15, 0.2) is 205 Å². The van der Waals surface area contributed by atoms with Crippen molar-refractivity contribution >= 4 is 38.8 Å². The second-order valence-corrected chi connectivity index (χ2v) is 12.6. The molecule has 2 nitrogen and oxygen atoms in total. The van der Waals surface area contributed by atoms with E-state index in [-0.39, 0.29) is 0 Å². The summed E-state index contributed by atoms with van der Waals surface area (Å²) in [6.45, 7) is 0. The third-order valence-electron chi connectivity index (χ3n) is 9.47. The Morgan fingerprint density at radius 2 is 0.880 bits per heavy atom. The van der Waals surface area contributed by atoms with E-state index in [9.17, 15) is 0 Å². The summed E-state index contributed by atoms with van der Waals surface area (Å²) >= 11 is 0. The van der Waals surface area contributed by atoms with Gasteiger partial charge in [0.05, 0.1) is 0 Å². The van der Waals surface area contributed by atoms with Gasteiger partial charge in [0.1, 0.15) is 11.3 Å². The summed E-state index contributed by atoms with van der Waals surface area (Å²) in [6.07, 6.45) is 0. The van der Waals surface area contributed by atoms with Gasteiger partial charge in [-0.3, -0.25) is 0 Å². The molecule has 2 heteroatoms. The van der Waals surface area contributed by atoms with Gasteiger partial charge in [-0.25, -0.2) is 0 Å². The van der Waals surface area contributed by atoms with Crippen LogP contribution in [0.4, 0.5) is 17.1 Å². The lowest BCUT2D eigenvalue weighted by molar-refractivity contribution is 0.631. The van der Waals surface area contributed by atoms with Crippen molar-refractivity contribution in [3.05, 3.63) is 200 Å². The van der Waals surface area contributed by atoms with Crippen LogP contribution < -0.4 is 4.90 Å². The molecule has 0 radical (unpaired) electrons. The van der Waals surface area contributed by atoms with Crippen molar-refractivity contribution in [3.63, 3.8) is 0 Å². The van der Waals surface area contributed by atoms with Gasteiger partial charge in [0.25, 0.3) is 0 Å². The van der Waals surface area contributed by atoms with Crippen molar-refractivity contribution in [1.29, 1.82) is 0 Å². The topological polar surface area (TPSA) is 16.4 Å². The zero-order chi connectivity index (χ0) is 33.3. The molecule has 0 N–H and O–H groups in total. The van der Waals surface area contributed by atoms with E-state index in [0.29, 0.717) is 0 Å². The van der Waals surface area contributed by atoms with Gasteiger partial charge in [0, 0.05) is 28.0 Å². The Balaban J connectivity index is 1.10. The fourth-order valence-corrected chi connectivity index (χ4v) is 6.95. The molecule has 1 aromatic heterocycles. The molecular formula is C48H33NO. The van der Waals surface area contributed by atoms with E-state index in [4.69, 9.17) is 4.42 Å². The molecule has 8 aromatic carbocycles. The highest BCUT2D eigenvalue weighted by molar-refractivity contribution is 5.97. The molecule has 236 valence electrons. The van der Waals surface area contributed by atoms with Crippen LogP contribution in [0.25, 0.3) is 66.4 Å². The van der Waals surface area contributed by atoms with Crippen LogP contribution in [-0.2, 0) is 0 Å². The lowest BCUT2D eigenvalue weighted by Gasteiger charge is -2.26. The highest BCUT2D eigenvalue weighted by Crippen LogP contribution is 2.39. The molecule has 9 aromatic rings. The minimum atomic E-state index is 0.876. The molecule has 0 spiro atoms. The maximum atomic E-state index is 6.19. The van der Waals surface area contributed by atoms with Crippen LogP contribution in [0, 0.1) is 0 Å². The maximum absolute atomic E-state index is 6.19. The van der Waals surface area contributed by atoms with Gasteiger partial charge >= 0.3 is 0 Å². The number of furan rings is 1. The van der Waals surface area contributed by atoms with Crippen LogP contribution in [0.1, 0.15) is 0 Å². The first-order chi connectivity index (χ1) is 24.8. The lowest BCUT2D eigenvalue weighted by atomic mass is 9.98. The highest BCUT2D eigenvalue weighted by Gasteiger charge is 2.15. The lowest BCUT2D eigenvalue weighted by Crippen LogP contribution is -2.10. The molecule has 50 heavy (non-hydrogen) atoms. The zero-order valence-corrected chi connectivity index (χ0v) is 27.4. The summed E-state index contributed by atoms with van der Waals surface area (Å²) in [5.41, 5.74) is 12.4. The van der Waals surface area contributed by atoms with E-state index >= 15 is 0 Å². The second-order valence-electron chi connectivity index (χ2n) is 12.6. The highest BCUT2D eigenvalue weighted by atomic mass is 16.3. The van der Waals surface area contributed by atoms with Crippen LogP contribution in [0.2, 0.25) is 0 Å². The summed E-state index contributed by atoms with van der Waals surface area (Å²) in [4.78, 5) is 2.34. The standard InChI is InChI=1S/C48H33NO/c1-2-11-34(12-3-1)39-17-9-19-44(32-39)49(43-29-25-37(26-30-43)46-21-10-15-36-13-4-6-20-45(36)46)42-27-23-35(24-28-42)38-16-8-18-40(31-38)48-33-41-14-5-7-22-47(41)50-48/h1-33H. The molecule has 0 amide bonds. The van der Waals surface area contributed by atoms with E-state index in [0.717, 1.165) is 50.5 Å². The fraction of sp³-hybridized carbons (Fsp3) is 0. The monoisotopic (exact) mass is 639 g/mol. The van der Waals surface area contributed by atoms with Crippen LogP contribution in [0.5, 0.6) is 0 Å². The van der Waals surface area contributed by atoms with Gasteiger partial charge in [0.2, 0.25) is 0 Å². The Morgan fingerprint density at radius 1 is 0.320 bits per heavy atom. The summed E-state index contributed by atoms with van der Waals surface area (Å²) in [5, 5.41) is 3.62. The first kappa shape index (κ1) is 29.5. The van der Waals surface area contributed by atoms with Crippen molar-refractivity contribution in [3.8, 4) is 44.7 Å². The van der Waals surface area contributed by atoms with Gasteiger partial charge in [-0.15, -0.1) is 0 Å². The SMILES string of the molecule is c1ccc(-c2cccc(N(c3ccc(-c4cccc(-c5cc6ccccc6o5)c4)cc3)c3ccc(-c4cccc5ccccc45)cc3)c2)cc1. The third-order valence-corrected chi connectivity index (χ3v) is 9.47. The van der Waals surface area contributed by atoms with Gasteiger partial charge in [0.15, 0.2) is 0 Å². The van der Waals surface area contributed by atoms with Gasteiger partial charge < -0.3 is 9.32 Å². The van der Waals surface area contributed by atoms with Gasteiger partial charge in [-0.2, -0.15) is 0 Å². The molecule has 0 aliphatic rings. The Hall–Kier alpha value is -6.64. The van der Waals surface area contributed by atoms with Crippen molar-refractivity contribution in [2.45, 2.75) is 0 Å². The number of anilines is 3. The largest absolute Gasteiger partial charge is 0.456 e. The molecule has 0 unspecified atom stereocenters. The van der Waals surface area contributed by atoms with Crippen molar-refractivity contribution in [1.82, 2.24) is 0 Å². The van der Waals surface area contributed by atoms with E-state index in [2.05, 4.69) is 187 Å². The Labute approximate surface area is 292 Å². The summed E-state index contributed by atoms with van der Waals surface area (Å²) in [7, 11) is 0. The van der Waals surface area contributed by atoms with Gasteiger partial charge in [-0.1, -0.05) is 146 Å². The number of hydrogen-bond donors (Lipinski definition) is 0. The number of nitrogens with zero attached hydrogens (tertiary/aromatic N) is 1. The molecular weight excluding hydrogens is 607 g/mol. The molecule has 0 fully saturated rings. The number of para-hydroxylation sites is 1. The predicted octanol–water partition coefficient (Wildman–Crippen LogP) is 13.7. The quantitative estimate of drug-likeness (QED) is 0.173. The smallest absolute Gasteiger partial charge is 0.135 e. The molecule has 9 rings (SSSR count). The second kappa shape index (κ2) is 12.8. The Bertz CT molecular complexity index is 2540. The fourth-order valence-electron chi connectivity index (χ4n) is 6.95. The molecule has 0 aliphatic heterocycles. The first-order valence-electron chi connectivity index (χ1n) is 17.0. The zero-order valence-electron chi connectivity index (χ0n) is 27.4. The number of hydrogen-bond acceptors (Lipinski definition) is 2. The minimum Gasteiger partial charge on any atom is -0.456 e. The molecule has 0 aliphatic carbocycles. The Morgan fingerprint density at radius 3 is 1.66 bits per heavy atom. The number of fused-ring (bicyclic) bond motifs is 2. The Kier molecular flexibility index (Phi) is 7.53. The molecule has 0 saturated heterocycles. The minimum absolute atomic E-state index is 0.876. The maximum Gasteiger partial charge on any atom is 0.135 e. The van der Waals surface area contributed by atoms with E-state index in [1.54, 1.807) is 0 Å². The van der Waals surface area contributed by atoms with Crippen molar-refractivity contribution in [2.24, 2.45) is 0 Å². The predicted molar refractivity (Wildman–Crippen MR) is 210 cm³/mol. The van der Waals surface area contributed by atoms with E-state index in [1.165, 1.54) is 33.0 Å². The van der Waals surface area contributed by atoms with E-state index < -0.39 is 0 Å². The van der Waals surface area contributed by atoms with Gasteiger partial charge in [-0.05, 0) is 98.8 Å². The summed E-state index contributed by atoms with van der Waals surface area (Å²) < 4.78 is 6.19. The number of benzene rings is 8. The third kappa shape index (κ3) is 5.63. The van der Waals surface area contributed by atoms with E-state index in [1.807, 2.05) is 18.2 Å². The van der Waals surface area contributed by atoms with Crippen molar-refractivity contribution in [2.75, 3.05) is 4.90 Å². The van der Waals surface area contributed by atoms with Crippen molar-refractivity contribution < 1.29 is 4.42 Å². The summed E-state index contributed by atoms with van der Waals surface area (Å²) in [5.74, 6) is 0.876. The molecule has 0 atom stereocenters. The molecule has 1 heterocycles. The van der Waals surface area contributed by atoms with Crippen LogP contribution in [-0.4, -0.2) is 0 Å². The molecule has 0 saturated carbocycles. The number of rotatable bonds is 7. The normalized spacial score (nSPS) is 11.2.